The number of ether oxygens (including phenoxy) is 1. The third-order valence-corrected chi connectivity index (χ3v) is 5.21. The molecule has 0 bridgehead atoms. The lowest BCUT2D eigenvalue weighted by Crippen LogP contribution is -2.38. The molecule has 10 nitrogen and oxygen atoms in total. The van der Waals surface area contributed by atoms with Gasteiger partial charge in [0.1, 0.15) is 12.7 Å². The van der Waals surface area contributed by atoms with Crippen molar-refractivity contribution in [1.29, 1.82) is 0 Å². The van der Waals surface area contributed by atoms with Crippen LogP contribution in [0.4, 0.5) is 11.4 Å². The van der Waals surface area contributed by atoms with Crippen LogP contribution in [-0.2, 0) is 4.74 Å². The van der Waals surface area contributed by atoms with E-state index in [-0.39, 0.29) is 23.2 Å². The van der Waals surface area contributed by atoms with Gasteiger partial charge in [-0.25, -0.2) is 9.67 Å². The van der Waals surface area contributed by atoms with Crippen molar-refractivity contribution < 1.29 is 14.5 Å². The first-order chi connectivity index (χ1) is 15.0. The van der Waals surface area contributed by atoms with E-state index in [0.717, 1.165) is 11.3 Å². The predicted molar refractivity (Wildman–Crippen MR) is 113 cm³/mol. The smallest absolute Gasteiger partial charge is 0.270 e. The van der Waals surface area contributed by atoms with Crippen molar-refractivity contribution >= 4 is 17.3 Å². The fraction of sp³-hybridized carbons (Fsp3) is 0.286. The third kappa shape index (κ3) is 4.53. The molecule has 1 aromatic heterocycles. The number of benzene rings is 2. The van der Waals surface area contributed by atoms with Crippen LogP contribution in [0.1, 0.15) is 28.9 Å². The molecule has 160 valence electrons. The summed E-state index contributed by atoms with van der Waals surface area (Å²) in [5.41, 5.74) is 2.58. The molecule has 3 aromatic rings. The number of non-ortho nitro benzene ring substituents is 1. The zero-order valence-electron chi connectivity index (χ0n) is 17.0. The van der Waals surface area contributed by atoms with E-state index < -0.39 is 4.92 Å². The van der Waals surface area contributed by atoms with E-state index in [1.165, 1.54) is 18.5 Å². The number of nitro benzene ring substituents is 1. The molecule has 31 heavy (non-hydrogen) atoms. The lowest BCUT2D eigenvalue weighted by atomic mass is 10.1. The SMILES string of the molecule is CC(NC(=O)c1cc([N+](=O)[O-])ccc1N1CCOCC1)c1ccc(-n2cncn2)cc1. The van der Waals surface area contributed by atoms with Crippen molar-refractivity contribution in [1.82, 2.24) is 20.1 Å². The summed E-state index contributed by atoms with van der Waals surface area (Å²) in [5, 5.41) is 18.3. The van der Waals surface area contributed by atoms with Gasteiger partial charge in [0.15, 0.2) is 0 Å². The predicted octanol–water partition coefficient (Wildman–Crippen LogP) is 2.50. The summed E-state index contributed by atoms with van der Waals surface area (Å²) in [5.74, 6) is -0.363. The Hall–Kier alpha value is -3.79. The van der Waals surface area contributed by atoms with E-state index in [9.17, 15) is 14.9 Å². The van der Waals surface area contributed by atoms with E-state index >= 15 is 0 Å². The van der Waals surface area contributed by atoms with Gasteiger partial charge in [0.25, 0.3) is 11.6 Å². The van der Waals surface area contributed by atoms with Crippen LogP contribution < -0.4 is 10.2 Å². The number of anilines is 1. The number of carbonyl (C=O) groups excluding carboxylic acids is 1. The first-order valence-corrected chi connectivity index (χ1v) is 9.90. The minimum absolute atomic E-state index is 0.119. The number of nitrogens with one attached hydrogen (secondary N) is 1. The molecule has 1 unspecified atom stereocenters. The van der Waals surface area contributed by atoms with Crippen molar-refractivity contribution in [2.45, 2.75) is 13.0 Å². The van der Waals surface area contributed by atoms with Crippen molar-refractivity contribution in [2.24, 2.45) is 0 Å². The molecular weight excluding hydrogens is 400 g/mol. The number of nitro groups is 1. The van der Waals surface area contributed by atoms with Gasteiger partial charge < -0.3 is 15.0 Å². The molecule has 0 radical (unpaired) electrons. The maximum atomic E-state index is 13.1. The summed E-state index contributed by atoms with van der Waals surface area (Å²) in [6.45, 7) is 4.21. The summed E-state index contributed by atoms with van der Waals surface area (Å²) >= 11 is 0. The van der Waals surface area contributed by atoms with Crippen LogP contribution in [-0.4, -0.2) is 51.9 Å². The molecule has 0 spiro atoms. The number of morpholine rings is 1. The minimum atomic E-state index is -0.494. The minimum Gasteiger partial charge on any atom is -0.378 e. The van der Waals surface area contributed by atoms with Gasteiger partial charge in [-0.1, -0.05) is 12.1 Å². The summed E-state index contributed by atoms with van der Waals surface area (Å²) < 4.78 is 7.03. The van der Waals surface area contributed by atoms with Gasteiger partial charge in [0.05, 0.1) is 41.1 Å². The fourth-order valence-electron chi connectivity index (χ4n) is 3.51. The number of carbonyl (C=O) groups is 1. The van der Waals surface area contributed by atoms with Gasteiger partial charge in [0, 0.05) is 25.2 Å². The highest BCUT2D eigenvalue weighted by Gasteiger charge is 2.23. The Labute approximate surface area is 178 Å². The number of nitrogens with zero attached hydrogens (tertiary/aromatic N) is 5. The van der Waals surface area contributed by atoms with Crippen LogP contribution in [0, 0.1) is 10.1 Å². The second-order valence-electron chi connectivity index (χ2n) is 7.18. The Kier molecular flexibility index (Phi) is 5.89. The van der Waals surface area contributed by atoms with Crippen LogP contribution in [0.2, 0.25) is 0 Å². The van der Waals surface area contributed by atoms with Crippen LogP contribution in [0.25, 0.3) is 5.69 Å². The molecule has 1 aliphatic rings. The van der Waals surface area contributed by atoms with Crippen LogP contribution in [0.15, 0.2) is 55.1 Å². The maximum Gasteiger partial charge on any atom is 0.270 e. The summed E-state index contributed by atoms with van der Waals surface area (Å²) in [4.78, 5) is 29.8. The molecular formula is C21H22N6O4. The lowest BCUT2D eigenvalue weighted by molar-refractivity contribution is -0.384. The van der Waals surface area contributed by atoms with Gasteiger partial charge in [-0.15, -0.1) is 0 Å². The number of amides is 1. The first-order valence-electron chi connectivity index (χ1n) is 9.90. The number of hydrogen-bond donors (Lipinski definition) is 1. The van der Waals surface area contributed by atoms with E-state index in [0.29, 0.717) is 32.0 Å². The molecule has 1 saturated heterocycles. The maximum absolute atomic E-state index is 13.1. The van der Waals surface area contributed by atoms with E-state index in [1.807, 2.05) is 36.1 Å². The Morgan fingerprint density at radius 1 is 1.19 bits per heavy atom. The molecule has 0 saturated carbocycles. The van der Waals surface area contributed by atoms with E-state index in [4.69, 9.17) is 4.74 Å². The van der Waals surface area contributed by atoms with E-state index in [2.05, 4.69) is 15.4 Å². The summed E-state index contributed by atoms with van der Waals surface area (Å²) in [6, 6.07) is 11.7. The van der Waals surface area contributed by atoms with Gasteiger partial charge >= 0.3 is 0 Å². The Morgan fingerprint density at radius 3 is 2.58 bits per heavy atom. The van der Waals surface area contributed by atoms with Crippen molar-refractivity contribution in [3.8, 4) is 5.69 Å². The average molecular weight is 422 g/mol. The van der Waals surface area contributed by atoms with Gasteiger partial charge in [-0.3, -0.25) is 14.9 Å². The highest BCUT2D eigenvalue weighted by molar-refractivity contribution is 6.00. The standard InChI is InChI=1S/C21H22N6O4/c1-15(16-2-4-17(5-3-16)26-14-22-13-23-26)24-21(28)19-12-18(27(29)30)6-7-20(19)25-8-10-31-11-9-25/h2-7,12-15H,8-11H2,1H3,(H,24,28). The number of rotatable bonds is 6. The molecule has 1 atom stereocenters. The second kappa shape index (κ2) is 8.92. The molecule has 10 heteroatoms. The number of aromatic nitrogens is 3. The Morgan fingerprint density at radius 2 is 1.94 bits per heavy atom. The summed E-state index contributed by atoms with van der Waals surface area (Å²) in [6.07, 6.45) is 3.07. The largest absolute Gasteiger partial charge is 0.378 e. The average Bonchev–Trinajstić information content (AvgIpc) is 3.34. The quantitative estimate of drug-likeness (QED) is 0.479. The van der Waals surface area contributed by atoms with Gasteiger partial charge in [-0.2, -0.15) is 5.10 Å². The van der Waals surface area contributed by atoms with Crippen molar-refractivity contribution in [3.05, 3.63) is 76.4 Å². The summed E-state index contributed by atoms with van der Waals surface area (Å²) in [7, 11) is 0. The highest BCUT2D eigenvalue weighted by atomic mass is 16.6. The van der Waals surface area contributed by atoms with Crippen molar-refractivity contribution in [2.75, 3.05) is 31.2 Å². The molecule has 1 amide bonds. The zero-order valence-corrected chi connectivity index (χ0v) is 17.0. The monoisotopic (exact) mass is 422 g/mol. The zero-order chi connectivity index (χ0) is 21.8. The van der Waals surface area contributed by atoms with Crippen LogP contribution in [0.3, 0.4) is 0 Å². The molecule has 2 heterocycles. The van der Waals surface area contributed by atoms with E-state index in [1.54, 1.807) is 17.1 Å². The fourth-order valence-corrected chi connectivity index (χ4v) is 3.51. The van der Waals surface area contributed by atoms with Crippen LogP contribution >= 0.6 is 0 Å². The highest BCUT2D eigenvalue weighted by Crippen LogP contribution is 2.27. The van der Waals surface area contributed by atoms with Gasteiger partial charge in [-0.05, 0) is 30.7 Å². The Balaban J connectivity index is 1.55. The first kappa shape index (κ1) is 20.5. The van der Waals surface area contributed by atoms with Crippen LogP contribution in [0.5, 0.6) is 0 Å². The third-order valence-electron chi connectivity index (χ3n) is 5.21. The topological polar surface area (TPSA) is 115 Å². The normalized spacial score (nSPS) is 14.8. The molecule has 4 rings (SSSR count). The molecule has 1 fully saturated rings. The Bertz CT molecular complexity index is 1060. The lowest BCUT2D eigenvalue weighted by Gasteiger charge is -2.30. The molecule has 0 aliphatic carbocycles. The molecule has 1 aliphatic heterocycles. The second-order valence-corrected chi connectivity index (χ2v) is 7.18. The molecule has 1 N–H and O–H groups in total. The molecule has 2 aromatic carbocycles. The van der Waals surface area contributed by atoms with Crippen molar-refractivity contribution in [3.63, 3.8) is 0 Å². The van der Waals surface area contributed by atoms with Gasteiger partial charge in [0.2, 0.25) is 0 Å². The number of hydrogen-bond acceptors (Lipinski definition) is 7.